The standard InChI is InChI=1S/C22H27N/c1-13-11-18-20(22(5,6)14(2)23-18)16-12-21(3,4)17-10-8-7-9-15(17)19(13)16/h7-10,13H,11-12H2,1-6H3. The van der Waals surface area contributed by atoms with Crippen molar-refractivity contribution in [3.8, 4) is 0 Å². The largest absolute Gasteiger partial charge is 0.261 e. The molecule has 1 unspecified atom stereocenters. The van der Waals surface area contributed by atoms with E-state index in [1.54, 1.807) is 11.1 Å². The third-order valence-electron chi connectivity index (χ3n) is 6.31. The van der Waals surface area contributed by atoms with E-state index >= 15 is 0 Å². The van der Waals surface area contributed by atoms with Crippen LogP contribution >= 0.6 is 0 Å². The van der Waals surface area contributed by atoms with E-state index < -0.39 is 0 Å². The molecule has 23 heavy (non-hydrogen) atoms. The Labute approximate surface area is 140 Å². The van der Waals surface area contributed by atoms with Crippen LogP contribution in [0.1, 0.15) is 65.5 Å². The fraction of sp³-hybridized carbons (Fsp3) is 0.500. The number of allylic oxidation sites excluding steroid dienone is 4. The molecule has 0 saturated carbocycles. The van der Waals surface area contributed by atoms with Crippen LogP contribution in [-0.4, -0.2) is 5.71 Å². The number of hydrogen-bond acceptors (Lipinski definition) is 1. The molecular weight excluding hydrogens is 278 g/mol. The lowest BCUT2D eigenvalue weighted by atomic mass is 9.61. The number of fused-ring (bicyclic) bond motifs is 3. The lowest BCUT2D eigenvalue weighted by Crippen LogP contribution is -2.32. The van der Waals surface area contributed by atoms with Gasteiger partial charge in [-0.25, -0.2) is 0 Å². The second-order valence-corrected chi connectivity index (χ2v) is 8.75. The Morgan fingerprint density at radius 3 is 2.52 bits per heavy atom. The fourth-order valence-corrected chi connectivity index (χ4v) is 4.92. The summed E-state index contributed by atoms with van der Waals surface area (Å²) < 4.78 is 0. The van der Waals surface area contributed by atoms with Crippen molar-refractivity contribution in [2.24, 2.45) is 16.3 Å². The van der Waals surface area contributed by atoms with Gasteiger partial charge in [-0.2, -0.15) is 0 Å². The molecule has 0 spiro atoms. The van der Waals surface area contributed by atoms with Gasteiger partial charge in [-0.05, 0) is 58.9 Å². The van der Waals surface area contributed by atoms with Crippen molar-refractivity contribution in [1.29, 1.82) is 0 Å². The lowest BCUT2D eigenvalue weighted by molar-refractivity contribution is 0.489. The molecular formula is C22H27N. The maximum atomic E-state index is 4.97. The highest BCUT2D eigenvalue weighted by atomic mass is 14.8. The monoisotopic (exact) mass is 305 g/mol. The third kappa shape index (κ3) is 1.89. The molecule has 0 radical (unpaired) electrons. The summed E-state index contributed by atoms with van der Waals surface area (Å²) in [7, 11) is 0. The molecule has 1 aromatic carbocycles. The minimum Gasteiger partial charge on any atom is -0.261 e. The van der Waals surface area contributed by atoms with Crippen LogP contribution in [0.5, 0.6) is 0 Å². The summed E-state index contributed by atoms with van der Waals surface area (Å²) >= 11 is 0. The quantitative estimate of drug-likeness (QED) is 0.564. The van der Waals surface area contributed by atoms with Gasteiger partial charge < -0.3 is 0 Å². The number of nitrogens with zero attached hydrogens (tertiary/aromatic N) is 1. The summed E-state index contributed by atoms with van der Waals surface area (Å²) in [4.78, 5) is 4.97. The highest BCUT2D eigenvalue weighted by Gasteiger charge is 2.45. The molecule has 0 bridgehead atoms. The first-order chi connectivity index (χ1) is 10.7. The molecule has 0 aromatic heterocycles. The molecule has 120 valence electrons. The van der Waals surface area contributed by atoms with Gasteiger partial charge in [0.1, 0.15) is 0 Å². The Balaban J connectivity index is 2.01. The van der Waals surface area contributed by atoms with Crippen molar-refractivity contribution >= 4 is 11.3 Å². The molecule has 0 saturated heterocycles. The zero-order valence-electron chi connectivity index (χ0n) is 15.2. The Morgan fingerprint density at radius 1 is 1.09 bits per heavy atom. The molecule has 1 heteroatoms. The van der Waals surface area contributed by atoms with Crippen LogP contribution < -0.4 is 0 Å². The minimum atomic E-state index is 0.0818. The molecule has 1 nitrogen and oxygen atoms in total. The average Bonchev–Trinajstić information content (AvgIpc) is 2.68. The van der Waals surface area contributed by atoms with E-state index in [-0.39, 0.29) is 10.8 Å². The fourth-order valence-electron chi connectivity index (χ4n) is 4.92. The summed E-state index contributed by atoms with van der Waals surface area (Å²) in [5.41, 5.74) is 10.6. The molecule has 3 aliphatic rings. The summed E-state index contributed by atoms with van der Waals surface area (Å²) in [6.45, 7) is 14.1. The van der Waals surface area contributed by atoms with Crippen LogP contribution in [0.3, 0.4) is 0 Å². The molecule has 0 N–H and O–H groups in total. The van der Waals surface area contributed by atoms with E-state index in [1.807, 2.05) is 0 Å². The van der Waals surface area contributed by atoms with Gasteiger partial charge in [0, 0.05) is 16.8 Å². The van der Waals surface area contributed by atoms with Crippen LogP contribution in [0.15, 0.2) is 46.1 Å². The van der Waals surface area contributed by atoms with Crippen LogP contribution in [0.2, 0.25) is 0 Å². The smallest absolute Gasteiger partial charge is 0.0453 e. The van der Waals surface area contributed by atoms with Gasteiger partial charge in [0.05, 0.1) is 0 Å². The second kappa shape index (κ2) is 4.47. The van der Waals surface area contributed by atoms with E-state index in [2.05, 4.69) is 65.8 Å². The molecule has 0 amide bonds. The Bertz CT molecular complexity index is 799. The van der Waals surface area contributed by atoms with Gasteiger partial charge >= 0.3 is 0 Å². The van der Waals surface area contributed by atoms with E-state index in [9.17, 15) is 0 Å². The van der Waals surface area contributed by atoms with E-state index in [0.717, 1.165) is 12.8 Å². The van der Waals surface area contributed by atoms with Gasteiger partial charge in [-0.15, -0.1) is 0 Å². The molecule has 0 fully saturated rings. The predicted octanol–water partition coefficient (Wildman–Crippen LogP) is 5.92. The highest BCUT2D eigenvalue weighted by molar-refractivity contribution is 5.97. The van der Waals surface area contributed by atoms with Crippen molar-refractivity contribution in [2.75, 3.05) is 0 Å². The number of rotatable bonds is 0. The summed E-state index contributed by atoms with van der Waals surface area (Å²) in [5, 5.41) is 0. The molecule has 1 aromatic rings. The van der Waals surface area contributed by atoms with Crippen molar-refractivity contribution in [3.05, 3.63) is 52.2 Å². The van der Waals surface area contributed by atoms with Crippen LogP contribution in [0.25, 0.3) is 5.57 Å². The Morgan fingerprint density at radius 2 is 1.78 bits per heavy atom. The van der Waals surface area contributed by atoms with Gasteiger partial charge in [0.2, 0.25) is 0 Å². The van der Waals surface area contributed by atoms with Gasteiger partial charge in [-0.1, -0.05) is 58.9 Å². The average molecular weight is 305 g/mol. The van der Waals surface area contributed by atoms with Gasteiger partial charge in [0.15, 0.2) is 0 Å². The molecule has 2 aliphatic carbocycles. The van der Waals surface area contributed by atoms with E-state index in [1.165, 1.54) is 28.1 Å². The highest BCUT2D eigenvalue weighted by Crippen LogP contribution is 2.56. The van der Waals surface area contributed by atoms with Crippen molar-refractivity contribution < 1.29 is 0 Å². The van der Waals surface area contributed by atoms with Crippen LogP contribution in [0.4, 0.5) is 0 Å². The first-order valence-electron chi connectivity index (χ1n) is 8.86. The molecule has 4 rings (SSSR count). The third-order valence-corrected chi connectivity index (χ3v) is 6.31. The first-order valence-corrected chi connectivity index (χ1v) is 8.86. The summed E-state index contributed by atoms with van der Waals surface area (Å²) in [5.74, 6) is 0.562. The normalized spacial score (nSPS) is 27.4. The van der Waals surface area contributed by atoms with Crippen molar-refractivity contribution in [2.45, 2.75) is 59.8 Å². The van der Waals surface area contributed by atoms with E-state index in [4.69, 9.17) is 4.99 Å². The van der Waals surface area contributed by atoms with Gasteiger partial charge in [-0.3, -0.25) is 4.99 Å². The SMILES string of the molecule is CC1=NC2=C(C3=C(c4ccccc4C(C)(C)C3)C(C)C2)C1(C)C. The van der Waals surface area contributed by atoms with Crippen LogP contribution in [-0.2, 0) is 5.41 Å². The molecule has 1 atom stereocenters. The Kier molecular flexibility index (Phi) is 2.90. The lowest BCUT2D eigenvalue weighted by Gasteiger charge is -2.42. The van der Waals surface area contributed by atoms with Crippen molar-refractivity contribution in [3.63, 3.8) is 0 Å². The topological polar surface area (TPSA) is 12.4 Å². The zero-order valence-corrected chi connectivity index (χ0v) is 15.2. The van der Waals surface area contributed by atoms with Gasteiger partial charge in [0.25, 0.3) is 0 Å². The zero-order chi connectivity index (χ0) is 16.6. The van der Waals surface area contributed by atoms with E-state index in [0.29, 0.717) is 5.92 Å². The maximum Gasteiger partial charge on any atom is 0.0453 e. The molecule has 1 aliphatic heterocycles. The second-order valence-electron chi connectivity index (χ2n) is 8.75. The Hall–Kier alpha value is -1.63. The number of benzene rings is 1. The molecule has 1 heterocycles. The minimum absolute atomic E-state index is 0.0818. The first kappa shape index (κ1) is 14.9. The number of hydrogen-bond donors (Lipinski definition) is 0. The van der Waals surface area contributed by atoms with Crippen LogP contribution in [0, 0.1) is 11.3 Å². The maximum absolute atomic E-state index is 4.97. The predicted molar refractivity (Wildman–Crippen MR) is 98.7 cm³/mol. The number of aliphatic imine (C=N–C) groups is 1. The summed E-state index contributed by atoms with van der Waals surface area (Å²) in [6, 6.07) is 9.06. The van der Waals surface area contributed by atoms with Crippen molar-refractivity contribution in [1.82, 2.24) is 0 Å². The summed E-state index contributed by atoms with van der Waals surface area (Å²) in [6.07, 6.45) is 2.22.